The molecule has 1 aromatic rings. The van der Waals surface area contributed by atoms with E-state index in [4.69, 9.17) is 0 Å². The van der Waals surface area contributed by atoms with Crippen LogP contribution in [0.5, 0.6) is 0 Å². The van der Waals surface area contributed by atoms with E-state index < -0.39 is 10.0 Å². The minimum atomic E-state index is -3.45. The highest BCUT2D eigenvalue weighted by Crippen LogP contribution is 2.31. The van der Waals surface area contributed by atoms with Gasteiger partial charge in [-0.05, 0) is 48.3 Å². The van der Waals surface area contributed by atoms with E-state index in [1.54, 1.807) is 6.07 Å². The average molecular weight is 397 g/mol. The van der Waals surface area contributed by atoms with Gasteiger partial charge in [-0.1, -0.05) is 26.7 Å². The fourth-order valence-corrected chi connectivity index (χ4v) is 6.03. The van der Waals surface area contributed by atoms with Gasteiger partial charge >= 0.3 is 0 Å². The van der Waals surface area contributed by atoms with Gasteiger partial charge in [0.05, 0.1) is 3.79 Å². The van der Waals surface area contributed by atoms with Gasteiger partial charge in [0.25, 0.3) is 0 Å². The van der Waals surface area contributed by atoms with Gasteiger partial charge in [-0.3, -0.25) is 0 Å². The molecule has 0 radical (unpaired) electrons. The lowest BCUT2D eigenvalue weighted by atomic mass is 10.0. The van der Waals surface area contributed by atoms with Crippen molar-refractivity contribution in [3.63, 3.8) is 0 Å². The van der Waals surface area contributed by atoms with E-state index in [0.29, 0.717) is 21.1 Å². The van der Waals surface area contributed by atoms with Crippen molar-refractivity contribution in [3.05, 3.63) is 14.7 Å². The fourth-order valence-electron chi connectivity index (χ4n) is 2.06. The Hall–Kier alpha value is 0.0500. The molecule has 21 heavy (non-hydrogen) atoms. The lowest BCUT2D eigenvalue weighted by Gasteiger charge is -2.14. The predicted octanol–water partition coefficient (Wildman–Crippen LogP) is 3.72. The Morgan fingerprint density at radius 2 is 1.95 bits per heavy atom. The van der Waals surface area contributed by atoms with Crippen LogP contribution in [0.25, 0.3) is 0 Å². The molecule has 4 nitrogen and oxygen atoms in total. The molecule has 0 aliphatic carbocycles. The number of thiophene rings is 1. The summed E-state index contributed by atoms with van der Waals surface area (Å²) in [6.07, 6.45) is 3.03. The molecule has 0 aromatic carbocycles. The van der Waals surface area contributed by atoms with Gasteiger partial charge in [-0.15, -0.1) is 11.3 Å². The van der Waals surface area contributed by atoms with Crippen molar-refractivity contribution in [2.75, 3.05) is 7.05 Å². The van der Waals surface area contributed by atoms with Crippen LogP contribution in [0.2, 0.25) is 0 Å². The molecule has 0 fully saturated rings. The lowest BCUT2D eigenvalue weighted by Crippen LogP contribution is -2.32. The van der Waals surface area contributed by atoms with Crippen LogP contribution in [0.1, 0.15) is 44.9 Å². The quantitative estimate of drug-likeness (QED) is 0.668. The van der Waals surface area contributed by atoms with E-state index in [-0.39, 0.29) is 6.04 Å². The zero-order chi connectivity index (χ0) is 16.0. The molecule has 122 valence electrons. The summed E-state index contributed by atoms with van der Waals surface area (Å²) >= 11 is 4.81. The largest absolute Gasteiger partial charge is 0.315 e. The molecule has 0 aliphatic heterocycles. The normalized spacial score (nSPS) is 13.8. The Labute approximate surface area is 140 Å². The summed E-state index contributed by atoms with van der Waals surface area (Å²) in [5, 5.41) is 3.03. The third kappa shape index (κ3) is 6.36. The Morgan fingerprint density at radius 3 is 2.52 bits per heavy atom. The predicted molar refractivity (Wildman–Crippen MR) is 93.3 cm³/mol. The highest BCUT2D eigenvalue weighted by molar-refractivity contribution is 9.11. The molecule has 0 bridgehead atoms. The van der Waals surface area contributed by atoms with E-state index in [2.05, 4.69) is 39.8 Å². The van der Waals surface area contributed by atoms with Crippen molar-refractivity contribution in [1.82, 2.24) is 10.0 Å². The molecule has 1 rings (SSSR count). The molecule has 7 heteroatoms. The minimum Gasteiger partial charge on any atom is -0.315 e. The molecule has 2 N–H and O–H groups in total. The lowest BCUT2D eigenvalue weighted by molar-refractivity contribution is 0.488. The van der Waals surface area contributed by atoms with E-state index >= 15 is 0 Å². The highest BCUT2D eigenvalue weighted by atomic mass is 79.9. The Balaban J connectivity index is 2.68. The van der Waals surface area contributed by atoms with Crippen molar-refractivity contribution in [1.29, 1.82) is 0 Å². The summed E-state index contributed by atoms with van der Waals surface area (Å²) in [6, 6.07) is 1.68. The summed E-state index contributed by atoms with van der Waals surface area (Å²) < 4.78 is 28.3. The molecule has 1 aromatic heterocycles. The van der Waals surface area contributed by atoms with E-state index in [0.717, 1.165) is 24.1 Å². The zero-order valence-electron chi connectivity index (χ0n) is 13.1. The first-order chi connectivity index (χ1) is 9.76. The second-order valence-electron chi connectivity index (χ2n) is 5.73. The van der Waals surface area contributed by atoms with Crippen LogP contribution in [0.4, 0.5) is 0 Å². The molecule has 1 atom stereocenters. The Kier molecular flexibility index (Phi) is 7.84. The van der Waals surface area contributed by atoms with Crippen molar-refractivity contribution in [2.24, 2.45) is 5.92 Å². The van der Waals surface area contributed by atoms with Crippen molar-refractivity contribution < 1.29 is 8.42 Å². The Bertz CT molecular complexity index is 541. The zero-order valence-corrected chi connectivity index (χ0v) is 16.3. The van der Waals surface area contributed by atoms with Gasteiger partial charge in [0, 0.05) is 17.5 Å². The van der Waals surface area contributed by atoms with Gasteiger partial charge < -0.3 is 5.32 Å². The van der Waals surface area contributed by atoms with Gasteiger partial charge in [-0.2, -0.15) is 0 Å². The monoisotopic (exact) mass is 396 g/mol. The first-order valence-corrected chi connectivity index (χ1v) is 10.3. The van der Waals surface area contributed by atoms with Crippen LogP contribution < -0.4 is 10.0 Å². The Morgan fingerprint density at radius 1 is 1.29 bits per heavy atom. The SMILES string of the molecule is CNCc1cc(S(=O)(=O)NC(C)CCCC(C)C)c(Br)s1. The van der Waals surface area contributed by atoms with Crippen LogP contribution >= 0.6 is 27.3 Å². The molecular formula is C14H25BrN2O2S2. The van der Waals surface area contributed by atoms with Gasteiger partial charge in [0.1, 0.15) is 4.90 Å². The van der Waals surface area contributed by atoms with Crippen LogP contribution in [-0.4, -0.2) is 21.5 Å². The molecule has 0 aliphatic rings. The second kappa shape index (κ2) is 8.62. The summed E-state index contributed by atoms with van der Waals surface area (Å²) in [5.74, 6) is 0.656. The molecule has 0 spiro atoms. The molecule has 0 saturated carbocycles. The van der Waals surface area contributed by atoms with Crippen LogP contribution in [-0.2, 0) is 16.6 Å². The van der Waals surface area contributed by atoms with Gasteiger partial charge in [0.2, 0.25) is 10.0 Å². The number of sulfonamides is 1. The maximum absolute atomic E-state index is 12.4. The van der Waals surface area contributed by atoms with Gasteiger partial charge in [-0.25, -0.2) is 13.1 Å². The molecule has 0 amide bonds. The van der Waals surface area contributed by atoms with Crippen LogP contribution in [0.15, 0.2) is 14.7 Å². The topological polar surface area (TPSA) is 58.2 Å². The fraction of sp³-hybridized carbons (Fsp3) is 0.714. The molecular weight excluding hydrogens is 372 g/mol. The number of halogens is 1. The maximum Gasteiger partial charge on any atom is 0.242 e. The van der Waals surface area contributed by atoms with Crippen molar-refractivity contribution in [3.8, 4) is 0 Å². The summed E-state index contributed by atoms with van der Waals surface area (Å²) in [5.41, 5.74) is 0. The third-order valence-electron chi connectivity index (χ3n) is 3.12. The number of rotatable bonds is 9. The smallest absolute Gasteiger partial charge is 0.242 e. The first kappa shape index (κ1) is 19.1. The summed E-state index contributed by atoms with van der Waals surface area (Å²) in [6.45, 7) is 6.95. The van der Waals surface area contributed by atoms with Crippen molar-refractivity contribution >= 4 is 37.3 Å². The minimum absolute atomic E-state index is 0.0479. The van der Waals surface area contributed by atoms with Crippen LogP contribution in [0.3, 0.4) is 0 Å². The van der Waals surface area contributed by atoms with Gasteiger partial charge in [0.15, 0.2) is 0 Å². The first-order valence-electron chi connectivity index (χ1n) is 7.21. The summed E-state index contributed by atoms with van der Waals surface area (Å²) in [7, 11) is -1.61. The van der Waals surface area contributed by atoms with Crippen molar-refractivity contribution in [2.45, 2.75) is 57.5 Å². The third-order valence-corrected chi connectivity index (χ3v) is 6.96. The average Bonchev–Trinajstić information content (AvgIpc) is 2.70. The maximum atomic E-state index is 12.4. The number of nitrogens with one attached hydrogen (secondary N) is 2. The molecule has 1 heterocycles. The highest BCUT2D eigenvalue weighted by Gasteiger charge is 2.22. The number of hydrogen-bond acceptors (Lipinski definition) is 4. The van der Waals surface area contributed by atoms with Crippen LogP contribution in [0, 0.1) is 5.92 Å². The standard InChI is InChI=1S/C14H25BrN2O2S2/c1-10(2)6-5-7-11(3)17-21(18,19)13-8-12(9-16-4)20-14(13)15/h8,10-11,16-17H,5-7,9H2,1-4H3. The summed E-state index contributed by atoms with van der Waals surface area (Å²) in [4.78, 5) is 1.34. The van der Waals surface area contributed by atoms with E-state index in [9.17, 15) is 8.42 Å². The molecule has 0 saturated heterocycles. The number of hydrogen-bond donors (Lipinski definition) is 2. The molecule has 1 unspecified atom stereocenters. The second-order valence-corrected chi connectivity index (χ2v) is 9.87. The van der Waals surface area contributed by atoms with E-state index in [1.165, 1.54) is 11.3 Å². The van der Waals surface area contributed by atoms with E-state index in [1.807, 2.05) is 14.0 Å².